The highest BCUT2D eigenvalue weighted by Gasteiger charge is 2.58. The zero-order valence-electron chi connectivity index (χ0n) is 15.5. The van der Waals surface area contributed by atoms with Crippen LogP contribution in [0.3, 0.4) is 0 Å². The Kier molecular flexibility index (Phi) is 3.49. The fraction of sp³-hybridized carbons (Fsp3) is 0.739. The summed E-state index contributed by atoms with van der Waals surface area (Å²) in [6.45, 7) is 11.5. The lowest BCUT2D eigenvalue weighted by Crippen LogP contribution is -2.44. The zero-order chi connectivity index (χ0) is 16.3. The number of rotatable bonds is 1. The van der Waals surface area contributed by atoms with Crippen LogP contribution in [0.25, 0.3) is 0 Å². The zero-order valence-corrected chi connectivity index (χ0v) is 15.5. The maximum atomic E-state index is 4.27. The predicted octanol–water partition coefficient (Wildman–Crippen LogP) is 6.99. The van der Waals surface area contributed by atoms with Gasteiger partial charge in [0.15, 0.2) is 0 Å². The molecule has 2 spiro atoms. The van der Waals surface area contributed by atoms with Gasteiger partial charge in [-0.1, -0.05) is 55.2 Å². The molecule has 0 aliphatic heterocycles. The first-order valence-corrected chi connectivity index (χ1v) is 9.95. The summed E-state index contributed by atoms with van der Waals surface area (Å²) >= 11 is 0. The summed E-state index contributed by atoms with van der Waals surface area (Å²) in [7, 11) is 0. The Morgan fingerprint density at radius 1 is 1.13 bits per heavy atom. The predicted molar refractivity (Wildman–Crippen MR) is 99.3 cm³/mol. The van der Waals surface area contributed by atoms with Gasteiger partial charge in [-0.15, -0.1) is 0 Å². The molecule has 126 valence electrons. The summed E-state index contributed by atoms with van der Waals surface area (Å²) in [6, 6.07) is 0. The van der Waals surface area contributed by atoms with Gasteiger partial charge in [0.25, 0.3) is 0 Å². The van der Waals surface area contributed by atoms with Crippen LogP contribution in [0.5, 0.6) is 0 Å². The summed E-state index contributed by atoms with van der Waals surface area (Å²) < 4.78 is 0. The van der Waals surface area contributed by atoms with Crippen molar-refractivity contribution in [1.82, 2.24) is 0 Å². The van der Waals surface area contributed by atoms with E-state index in [9.17, 15) is 0 Å². The molecule has 0 bridgehead atoms. The molecule has 4 aliphatic carbocycles. The van der Waals surface area contributed by atoms with Gasteiger partial charge in [-0.2, -0.15) is 0 Å². The summed E-state index contributed by atoms with van der Waals surface area (Å²) in [6.07, 6.45) is 19.5. The number of allylic oxidation sites excluding steroid dienone is 5. The molecule has 0 saturated heterocycles. The van der Waals surface area contributed by atoms with Crippen LogP contribution in [0.15, 0.2) is 35.5 Å². The summed E-state index contributed by atoms with van der Waals surface area (Å²) in [5.74, 6) is 0.721. The smallest absolute Gasteiger partial charge is 0.00184 e. The van der Waals surface area contributed by atoms with Crippen molar-refractivity contribution in [1.29, 1.82) is 0 Å². The van der Waals surface area contributed by atoms with Crippen LogP contribution in [0.1, 0.15) is 85.0 Å². The first kappa shape index (κ1) is 15.7. The highest BCUT2D eigenvalue weighted by Crippen LogP contribution is 2.69. The van der Waals surface area contributed by atoms with E-state index >= 15 is 0 Å². The fourth-order valence-electron chi connectivity index (χ4n) is 6.82. The molecule has 0 radical (unpaired) electrons. The van der Waals surface area contributed by atoms with E-state index in [1.165, 1.54) is 69.8 Å². The van der Waals surface area contributed by atoms with E-state index in [0.29, 0.717) is 16.2 Å². The highest BCUT2D eigenvalue weighted by atomic mass is 14.6. The molecule has 0 amide bonds. The number of hydrogen-bond donors (Lipinski definition) is 0. The van der Waals surface area contributed by atoms with E-state index in [-0.39, 0.29) is 0 Å². The van der Waals surface area contributed by atoms with Gasteiger partial charge in [-0.05, 0) is 87.4 Å². The maximum absolute atomic E-state index is 4.27. The van der Waals surface area contributed by atoms with Gasteiger partial charge in [0.1, 0.15) is 0 Å². The molecule has 23 heavy (non-hydrogen) atoms. The lowest BCUT2D eigenvalue weighted by molar-refractivity contribution is 0.0836. The summed E-state index contributed by atoms with van der Waals surface area (Å²) in [5.41, 5.74) is 6.34. The van der Waals surface area contributed by atoms with Crippen molar-refractivity contribution in [2.75, 3.05) is 0 Å². The molecule has 0 aromatic heterocycles. The molecule has 3 saturated carbocycles. The van der Waals surface area contributed by atoms with E-state index in [4.69, 9.17) is 0 Å². The van der Waals surface area contributed by atoms with Crippen molar-refractivity contribution >= 4 is 0 Å². The molecule has 3 unspecified atom stereocenters. The third kappa shape index (κ3) is 2.16. The lowest BCUT2D eigenvalue weighted by Gasteiger charge is -2.54. The van der Waals surface area contributed by atoms with Crippen LogP contribution in [0.4, 0.5) is 0 Å². The largest absolute Gasteiger partial charge is 0.0998 e. The van der Waals surface area contributed by atoms with Crippen LogP contribution in [0, 0.1) is 22.2 Å². The molecule has 0 heteroatoms. The summed E-state index contributed by atoms with van der Waals surface area (Å²) in [5, 5.41) is 0. The second-order valence-electron chi connectivity index (χ2n) is 9.65. The molecule has 4 aliphatic rings. The van der Waals surface area contributed by atoms with Gasteiger partial charge in [-0.25, -0.2) is 0 Å². The molecule has 0 heterocycles. The van der Waals surface area contributed by atoms with Gasteiger partial charge in [0, 0.05) is 0 Å². The quantitative estimate of drug-likeness (QED) is 0.458. The van der Waals surface area contributed by atoms with E-state index < -0.39 is 0 Å². The van der Waals surface area contributed by atoms with Crippen molar-refractivity contribution in [2.45, 2.75) is 85.0 Å². The van der Waals surface area contributed by atoms with E-state index in [0.717, 1.165) is 5.92 Å². The highest BCUT2D eigenvalue weighted by molar-refractivity contribution is 5.41. The molecular weight excluding hydrogens is 276 g/mol. The molecular formula is C23H34. The van der Waals surface area contributed by atoms with Gasteiger partial charge < -0.3 is 0 Å². The molecule has 0 nitrogen and oxygen atoms in total. The minimum atomic E-state index is 0.421. The topological polar surface area (TPSA) is 0 Å². The Hall–Kier alpha value is -0.780. The van der Waals surface area contributed by atoms with Crippen molar-refractivity contribution in [3.05, 3.63) is 35.5 Å². The Balaban J connectivity index is 1.70. The van der Waals surface area contributed by atoms with E-state index in [2.05, 4.69) is 39.5 Å². The first-order chi connectivity index (χ1) is 10.9. The Labute approximate surface area is 143 Å². The standard InChI is InChI=1S/C23H34/c1-17(2)19-8-11-21(4)20(15-19)18(3)7-12-23(21)14-13-22(16-23)9-5-6-10-22/h7,12,19H,1,5-6,8-11,13-16H2,2-4H3. The van der Waals surface area contributed by atoms with Crippen molar-refractivity contribution in [3.63, 3.8) is 0 Å². The molecule has 3 atom stereocenters. The van der Waals surface area contributed by atoms with Crippen molar-refractivity contribution in [2.24, 2.45) is 22.2 Å². The van der Waals surface area contributed by atoms with E-state index in [1.54, 1.807) is 11.1 Å². The van der Waals surface area contributed by atoms with Crippen LogP contribution < -0.4 is 0 Å². The van der Waals surface area contributed by atoms with Gasteiger partial charge >= 0.3 is 0 Å². The first-order valence-electron chi connectivity index (χ1n) is 9.95. The molecule has 0 N–H and O–H groups in total. The molecule has 4 rings (SSSR count). The number of fused-ring (bicyclic) bond motifs is 2. The average molecular weight is 311 g/mol. The molecule has 0 aromatic rings. The van der Waals surface area contributed by atoms with Crippen LogP contribution >= 0.6 is 0 Å². The average Bonchev–Trinajstić information content (AvgIpc) is 3.13. The second-order valence-corrected chi connectivity index (χ2v) is 9.65. The SMILES string of the molecule is C=C(C)C1CCC2(C)C(=C(C)C=CC23CCC2(CCCC2)C3)C1. The van der Waals surface area contributed by atoms with Crippen molar-refractivity contribution in [3.8, 4) is 0 Å². The second kappa shape index (κ2) is 5.11. The van der Waals surface area contributed by atoms with Gasteiger partial charge in [0.2, 0.25) is 0 Å². The minimum Gasteiger partial charge on any atom is -0.0998 e. The fourth-order valence-corrected chi connectivity index (χ4v) is 6.82. The Morgan fingerprint density at radius 2 is 1.87 bits per heavy atom. The monoisotopic (exact) mass is 310 g/mol. The van der Waals surface area contributed by atoms with Crippen LogP contribution in [-0.2, 0) is 0 Å². The minimum absolute atomic E-state index is 0.421. The van der Waals surface area contributed by atoms with Gasteiger partial charge in [-0.3, -0.25) is 0 Å². The molecule has 0 aromatic carbocycles. The lowest BCUT2D eigenvalue weighted by atomic mass is 9.50. The van der Waals surface area contributed by atoms with E-state index in [1.807, 2.05) is 0 Å². The summed E-state index contributed by atoms with van der Waals surface area (Å²) in [4.78, 5) is 0. The molecule has 3 fully saturated rings. The van der Waals surface area contributed by atoms with Crippen molar-refractivity contribution < 1.29 is 0 Å². The third-order valence-electron chi connectivity index (χ3n) is 8.49. The maximum Gasteiger partial charge on any atom is -0.00184 e. The number of hydrogen-bond acceptors (Lipinski definition) is 0. The van der Waals surface area contributed by atoms with Gasteiger partial charge in [0.05, 0.1) is 0 Å². The third-order valence-corrected chi connectivity index (χ3v) is 8.49. The van der Waals surface area contributed by atoms with Crippen LogP contribution in [-0.4, -0.2) is 0 Å². The Bertz CT molecular complexity index is 583. The Morgan fingerprint density at radius 3 is 2.57 bits per heavy atom. The normalized spacial score (nSPS) is 41.8. The van der Waals surface area contributed by atoms with Crippen LogP contribution in [0.2, 0.25) is 0 Å².